The van der Waals surface area contributed by atoms with Crippen LogP contribution in [0.1, 0.15) is 51.4 Å². The Morgan fingerprint density at radius 3 is 2.43 bits per heavy atom. The van der Waals surface area contributed by atoms with E-state index < -0.39 is 0 Å². The van der Waals surface area contributed by atoms with E-state index in [1.807, 2.05) is 6.92 Å². The molecule has 1 rings (SSSR count). The van der Waals surface area contributed by atoms with Gasteiger partial charge in [-0.1, -0.05) is 20.8 Å². The molecular weight excluding hydrogens is 266 g/mol. The quantitative estimate of drug-likeness (QED) is 0.567. The molecular formula is C15H29N5O. The number of anilines is 2. The molecule has 0 amide bonds. The molecule has 1 heterocycles. The predicted octanol–water partition coefficient (Wildman–Crippen LogP) is 2.45. The molecule has 21 heavy (non-hydrogen) atoms. The second-order valence-electron chi connectivity index (χ2n) is 5.62. The summed E-state index contributed by atoms with van der Waals surface area (Å²) in [5.41, 5.74) is 3.66. The zero-order valence-corrected chi connectivity index (χ0v) is 14.1. The minimum Gasteiger partial charge on any atom is -0.383 e. The fraction of sp³-hybridized carbons (Fsp3) is 0.733. The topological polar surface area (TPSA) is 76.3 Å². The van der Waals surface area contributed by atoms with E-state index in [2.05, 4.69) is 43.0 Å². The molecule has 0 fully saturated rings. The summed E-state index contributed by atoms with van der Waals surface area (Å²) < 4.78 is 5.24. The second-order valence-corrected chi connectivity index (χ2v) is 5.62. The zero-order chi connectivity index (χ0) is 16.0. The van der Waals surface area contributed by atoms with E-state index in [4.69, 9.17) is 15.6 Å². The van der Waals surface area contributed by atoms with Crippen molar-refractivity contribution >= 4 is 11.6 Å². The molecule has 1 unspecified atom stereocenters. The maximum Gasteiger partial charge on any atom is 0.148 e. The number of nitrogens with one attached hydrogen (secondary N) is 1. The Labute approximate surface area is 128 Å². The van der Waals surface area contributed by atoms with Crippen LogP contribution < -0.4 is 16.2 Å². The van der Waals surface area contributed by atoms with Gasteiger partial charge >= 0.3 is 0 Å². The second kappa shape index (κ2) is 8.14. The van der Waals surface area contributed by atoms with E-state index >= 15 is 0 Å². The number of hydrogen-bond donors (Lipinski definition) is 2. The van der Waals surface area contributed by atoms with Crippen molar-refractivity contribution < 1.29 is 4.74 Å². The Kier molecular flexibility index (Phi) is 6.84. The molecule has 6 nitrogen and oxygen atoms in total. The summed E-state index contributed by atoms with van der Waals surface area (Å²) in [6, 6.07) is 0.374. The number of nitrogens with two attached hydrogens (primary N) is 1. The number of nitrogen functional groups attached to an aromatic ring is 1. The van der Waals surface area contributed by atoms with Crippen LogP contribution in [0.25, 0.3) is 0 Å². The predicted molar refractivity (Wildman–Crippen MR) is 87.6 cm³/mol. The number of ether oxygens (including phenoxy) is 1. The molecule has 6 heteroatoms. The van der Waals surface area contributed by atoms with Crippen LogP contribution in [0.5, 0.6) is 0 Å². The Hall–Kier alpha value is -1.40. The summed E-state index contributed by atoms with van der Waals surface area (Å²) >= 11 is 0. The van der Waals surface area contributed by atoms with E-state index in [0.29, 0.717) is 18.5 Å². The molecule has 3 N–H and O–H groups in total. The average Bonchev–Trinajstić information content (AvgIpc) is 2.48. The number of aromatic nitrogens is 2. The molecule has 0 saturated carbocycles. The monoisotopic (exact) mass is 295 g/mol. The molecule has 0 radical (unpaired) electrons. The molecule has 0 aliphatic rings. The molecule has 120 valence electrons. The van der Waals surface area contributed by atoms with Gasteiger partial charge in [-0.2, -0.15) is 0 Å². The highest BCUT2D eigenvalue weighted by molar-refractivity contribution is 5.58. The lowest BCUT2D eigenvalue weighted by Gasteiger charge is -2.31. The third kappa shape index (κ3) is 4.28. The molecule has 0 saturated heterocycles. The summed E-state index contributed by atoms with van der Waals surface area (Å²) in [5.74, 6) is 8.29. The zero-order valence-electron chi connectivity index (χ0n) is 14.1. The lowest BCUT2D eigenvalue weighted by Crippen LogP contribution is -2.37. The van der Waals surface area contributed by atoms with E-state index in [1.54, 1.807) is 7.11 Å². The number of hydrogen-bond acceptors (Lipinski definition) is 6. The number of hydrazine groups is 1. The summed E-state index contributed by atoms with van der Waals surface area (Å²) in [5, 5.41) is 0. The summed E-state index contributed by atoms with van der Waals surface area (Å²) in [6.07, 6.45) is 1.04. The van der Waals surface area contributed by atoms with Crippen LogP contribution in [0.2, 0.25) is 0 Å². The van der Waals surface area contributed by atoms with Gasteiger partial charge in [0.05, 0.1) is 6.61 Å². The lowest BCUT2D eigenvalue weighted by molar-refractivity contribution is 0.203. The van der Waals surface area contributed by atoms with Crippen molar-refractivity contribution in [1.29, 1.82) is 0 Å². The summed E-state index contributed by atoms with van der Waals surface area (Å²) in [7, 11) is 1.72. The number of methoxy groups -OCH3 is 1. The van der Waals surface area contributed by atoms with Crippen LogP contribution in [0.4, 0.5) is 11.6 Å². The minimum absolute atomic E-state index is 0.248. The highest BCUT2D eigenvalue weighted by atomic mass is 16.5. The fourth-order valence-corrected chi connectivity index (χ4v) is 2.15. The van der Waals surface area contributed by atoms with Gasteiger partial charge in [0.25, 0.3) is 0 Å². The summed E-state index contributed by atoms with van der Waals surface area (Å²) in [6.45, 7) is 12.0. The van der Waals surface area contributed by atoms with Crippen molar-refractivity contribution in [2.75, 3.05) is 30.6 Å². The van der Waals surface area contributed by atoms with Crippen LogP contribution in [-0.4, -0.2) is 36.3 Å². The van der Waals surface area contributed by atoms with Crippen molar-refractivity contribution in [2.24, 2.45) is 5.84 Å². The Morgan fingerprint density at radius 1 is 1.29 bits per heavy atom. The molecule has 0 spiro atoms. The molecule has 0 aliphatic carbocycles. The molecule has 1 atom stereocenters. The lowest BCUT2D eigenvalue weighted by atomic mass is 10.1. The standard InChI is InChI=1S/C15H29N5O/c1-7-11(4)20(8-9-21-6)15-12(5)14(19-16)17-13(18-15)10(2)3/h10-11H,7-9,16H2,1-6H3,(H,17,18,19). The number of nitrogens with zero attached hydrogens (tertiary/aromatic N) is 3. The van der Waals surface area contributed by atoms with Crippen LogP contribution in [0, 0.1) is 6.92 Å². The van der Waals surface area contributed by atoms with Crippen molar-refractivity contribution in [3.05, 3.63) is 11.4 Å². The fourth-order valence-electron chi connectivity index (χ4n) is 2.15. The highest BCUT2D eigenvalue weighted by Gasteiger charge is 2.20. The first kappa shape index (κ1) is 17.7. The van der Waals surface area contributed by atoms with Gasteiger partial charge in [0.1, 0.15) is 17.5 Å². The smallest absolute Gasteiger partial charge is 0.148 e. The third-order valence-electron chi connectivity index (χ3n) is 3.72. The molecule has 1 aromatic rings. The Morgan fingerprint density at radius 2 is 1.95 bits per heavy atom. The van der Waals surface area contributed by atoms with Gasteiger partial charge in [-0.25, -0.2) is 15.8 Å². The van der Waals surface area contributed by atoms with Gasteiger partial charge in [-0.05, 0) is 20.3 Å². The minimum atomic E-state index is 0.248. The Bertz CT molecular complexity index is 450. The molecule has 0 aromatic carbocycles. The van der Waals surface area contributed by atoms with Crippen LogP contribution in [0.15, 0.2) is 0 Å². The first-order chi connectivity index (χ1) is 9.96. The maximum atomic E-state index is 5.61. The van der Waals surface area contributed by atoms with Crippen molar-refractivity contribution in [1.82, 2.24) is 9.97 Å². The van der Waals surface area contributed by atoms with E-state index in [9.17, 15) is 0 Å². The van der Waals surface area contributed by atoms with Gasteiger partial charge in [-0.15, -0.1) is 0 Å². The normalized spacial score (nSPS) is 12.6. The van der Waals surface area contributed by atoms with Crippen LogP contribution >= 0.6 is 0 Å². The SMILES string of the molecule is CCC(C)N(CCOC)c1nc(C(C)C)nc(NN)c1C. The van der Waals surface area contributed by atoms with E-state index in [1.165, 1.54) is 0 Å². The number of rotatable bonds is 8. The average molecular weight is 295 g/mol. The molecule has 0 bridgehead atoms. The van der Waals surface area contributed by atoms with Crippen molar-refractivity contribution in [3.8, 4) is 0 Å². The Balaban J connectivity index is 3.30. The molecule has 1 aromatic heterocycles. The van der Waals surface area contributed by atoms with Gasteiger partial charge in [0.2, 0.25) is 0 Å². The first-order valence-corrected chi connectivity index (χ1v) is 7.56. The molecule has 0 aliphatic heterocycles. The van der Waals surface area contributed by atoms with Crippen molar-refractivity contribution in [3.63, 3.8) is 0 Å². The third-order valence-corrected chi connectivity index (χ3v) is 3.72. The van der Waals surface area contributed by atoms with Gasteiger partial charge in [0, 0.05) is 31.2 Å². The first-order valence-electron chi connectivity index (χ1n) is 7.56. The van der Waals surface area contributed by atoms with E-state index in [0.717, 1.165) is 30.2 Å². The van der Waals surface area contributed by atoms with Crippen molar-refractivity contribution in [2.45, 2.75) is 53.0 Å². The van der Waals surface area contributed by atoms with Gasteiger partial charge in [-0.3, -0.25) is 0 Å². The van der Waals surface area contributed by atoms with E-state index in [-0.39, 0.29) is 5.92 Å². The van der Waals surface area contributed by atoms with Crippen LogP contribution in [-0.2, 0) is 4.74 Å². The van der Waals surface area contributed by atoms with Crippen LogP contribution in [0.3, 0.4) is 0 Å². The summed E-state index contributed by atoms with van der Waals surface area (Å²) in [4.78, 5) is 11.5. The highest BCUT2D eigenvalue weighted by Crippen LogP contribution is 2.27. The van der Waals surface area contributed by atoms with Gasteiger partial charge in [0.15, 0.2) is 0 Å². The maximum absolute atomic E-state index is 5.61. The largest absolute Gasteiger partial charge is 0.383 e. The van der Waals surface area contributed by atoms with Gasteiger partial charge < -0.3 is 15.1 Å².